The predicted molar refractivity (Wildman–Crippen MR) is 48.5 cm³/mol. The number of rotatable bonds is 1. The van der Waals surface area contributed by atoms with Crippen LogP contribution in [-0.4, -0.2) is 20.1 Å². The molecule has 0 fully saturated rings. The highest BCUT2D eigenvalue weighted by Crippen LogP contribution is 2.23. The zero-order valence-electron chi connectivity index (χ0n) is 6.53. The first-order valence-electron chi connectivity index (χ1n) is 3.62. The van der Waals surface area contributed by atoms with Gasteiger partial charge >= 0.3 is 0 Å². The van der Waals surface area contributed by atoms with Crippen molar-refractivity contribution in [3.8, 4) is 17.4 Å². The van der Waals surface area contributed by atoms with E-state index < -0.39 is 0 Å². The molecule has 2 aromatic heterocycles. The lowest BCUT2D eigenvalue weighted by Crippen LogP contribution is -1.85. The van der Waals surface area contributed by atoms with Crippen LogP contribution >= 0.6 is 11.6 Å². The molecule has 0 radical (unpaired) electrons. The summed E-state index contributed by atoms with van der Waals surface area (Å²) in [5.41, 5.74) is 0.532. The zero-order chi connectivity index (χ0) is 9.26. The van der Waals surface area contributed by atoms with Crippen LogP contribution in [0.2, 0.25) is 5.02 Å². The smallest absolute Gasteiger partial charge is 0.208 e. The van der Waals surface area contributed by atoms with Crippen molar-refractivity contribution >= 4 is 11.6 Å². The molecule has 0 saturated heterocycles. The fourth-order valence-corrected chi connectivity index (χ4v) is 1.20. The van der Waals surface area contributed by atoms with Crippen LogP contribution in [0.1, 0.15) is 0 Å². The molecule has 0 unspecified atom stereocenters. The second-order valence-electron chi connectivity index (χ2n) is 2.45. The van der Waals surface area contributed by atoms with Crippen molar-refractivity contribution in [3.05, 3.63) is 29.5 Å². The number of pyridine rings is 1. The largest absolute Gasteiger partial charge is 0.493 e. The van der Waals surface area contributed by atoms with E-state index in [4.69, 9.17) is 16.7 Å². The van der Waals surface area contributed by atoms with Gasteiger partial charge in [-0.1, -0.05) is 11.6 Å². The summed E-state index contributed by atoms with van der Waals surface area (Å²) in [5, 5.41) is 9.51. The summed E-state index contributed by atoms with van der Waals surface area (Å²) in [6.07, 6.45) is 2.92. The molecule has 0 bridgehead atoms. The first-order valence-corrected chi connectivity index (χ1v) is 4.00. The maximum Gasteiger partial charge on any atom is 0.208 e. The van der Waals surface area contributed by atoms with E-state index in [9.17, 15) is 0 Å². The Morgan fingerprint density at radius 2 is 2.23 bits per heavy atom. The van der Waals surface area contributed by atoms with E-state index in [0.717, 1.165) is 0 Å². The Labute approximate surface area is 79.2 Å². The molecule has 66 valence electrons. The Morgan fingerprint density at radius 1 is 1.38 bits per heavy atom. The topological polar surface area (TPSA) is 61.8 Å². The van der Waals surface area contributed by atoms with E-state index in [2.05, 4.69) is 15.0 Å². The molecule has 2 aromatic rings. The summed E-state index contributed by atoms with van der Waals surface area (Å²) in [5.74, 6) is 0.458. The minimum Gasteiger partial charge on any atom is -0.493 e. The van der Waals surface area contributed by atoms with Crippen LogP contribution in [0.15, 0.2) is 24.5 Å². The van der Waals surface area contributed by atoms with Gasteiger partial charge in [-0.3, -0.25) is 4.98 Å². The van der Waals surface area contributed by atoms with Gasteiger partial charge in [-0.15, -0.1) is 0 Å². The lowest BCUT2D eigenvalue weighted by atomic mass is 10.3. The van der Waals surface area contributed by atoms with E-state index in [1.807, 2.05) is 0 Å². The highest BCUT2D eigenvalue weighted by Gasteiger charge is 2.07. The average Bonchev–Trinajstić information content (AvgIpc) is 2.53. The van der Waals surface area contributed by atoms with Gasteiger partial charge in [-0.2, -0.15) is 0 Å². The highest BCUT2D eigenvalue weighted by atomic mass is 35.5. The fourth-order valence-electron chi connectivity index (χ4n) is 0.992. The molecule has 0 amide bonds. The van der Waals surface area contributed by atoms with Gasteiger partial charge in [-0.25, -0.2) is 4.98 Å². The Balaban J connectivity index is 2.52. The fraction of sp³-hybridized carbons (Fsp3) is 0. The average molecular weight is 196 g/mol. The predicted octanol–water partition coefficient (Wildman–Crippen LogP) is 1.83. The summed E-state index contributed by atoms with van der Waals surface area (Å²) in [6, 6.07) is 3.44. The number of halogens is 1. The van der Waals surface area contributed by atoms with Crippen molar-refractivity contribution < 1.29 is 5.11 Å². The standard InChI is InChI=1S/C8H6ClN3O/c9-5-2-1-3-10-7(5)8-11-4-6(13)12-8/h1-4,13H,(H,11,12). The van der Waals surface area contributed by atoms with Gasteiger partial charge in [0.1, 0.15) is 5.69 Å². The van der Waals surface area contributed by atoms with Gasteiger partial charge in [0, 0.05) is 6.20 Å². The number of hydrogen-bond acceptors (Lipinski definition) is 3. The first-order chi connectivity index (χ1) is 6.27. The van der Waals surface area contributed by atoms with Crippen molar-refractivity contribution in [3.63, 3.8) is 0 Å². The highest BCUT2D eigenvalue weighted by molar-refractivity contribution is 6.32. The molecule has 0 spiro atoms. The summed E-state index contributed by atoms with van der Waals surface area (Å²) < 4.78 is 0. The minimum absolute atomic E-state index is 0.00304. The maximum absolute atomic E-state index is 9.02. The normalized spacial score (nSPS) is 10.2. The first kappa shape index (κ1) is 8.07. The maximum atomic E-state index is 9.02. The molecule has 0 saturated carbocycles. The molecule has 4 nitrogen and oxygen atoms in total. The van der Waals surface area contributed by atoms with Gasteiger partial charge < -0.3 is 10.1 Å². The Hall–Kier alpha value is -1.55. The Bertz CT molecular complexity index is 427. The number of hydrogen-bond donors (Lipinski definition) is 2. The van der Waals surface area contributed by atoms with Crippen LogP contribution in [0.5, 0.6) is 5.88 Å². The number of nitrogens with zero attached hydrogens (tertiary/aromatic N) is 2. The number of aromatic amines is 1. The molecule has 13 heavy (non-hydrogen) atoms. The van der Waals surface area contributed by atoms with E-state index in [1.165, 1.54) is 6.20 Å². The summed E-state index contributed by atoms with van der Waals surface area (Å²) in [6.45, 7) is 0. The third-order valence-corrected chi connectivity index (χ3v) is 1.85. The Morgan fingerprint density at radius 3 is 2.85 bits per heavy atom. The number of H-pyrrole nitrogens is 1. The Kier molecular flexibility index (Phi) is 1.90. The van der Waals surface area contributed by atoms with Crippen LogP contribution in [0.3, 0.4) is 0 Å². The second-order valence-corrected chi connectivity index (χ2v) is 2.86. The molecule has 2 N–H and O–H groups in total. The van der Waals surface area contributed by atoms with Gasteiger partial charge in [-0.05, 0) is 12.1 Å². The van der Waals surface area contributed by atoms with Gasteiger partial charge in [0.05, 0.1) is 11.2 Å². The number of nitrogens with one attached hydrogen (secondary N) is 1. The van der Waals surface area contributed by atoms with Crippen LogP contribution in [0, 0.1) is 0 Å². The zero-order valence-corrected chi connectivity index (χ0v) is 7.28. The molecule has 0 aliphatic heterocycles. The van der Waals surface area contributed by atoms with Gasteiger partial charge in [0.2, 0.25) is 5.88 Å². The quantitative estimate of drug-likeness (QED) is 0.730. The third kappa shape index (κ3) is 1.48. The van der Waals surface area contributed by atoms with Crippen molar-refractivity contribution in [1.29, 1.82) is 0 Å². The molecule has 2 rings (SSSR count). The lowest BCUT2D eigenvalue weighted by Gasteiger charge is -1.96. The molecule has 2 heterocycles. The SMILES string of the molecule is Oc1cnc(-c2ncccc2Cl)[nH]1. The molecule has 5 heteroatoms. The minimum atomic E-state index is -0.00304. The van der Waals surface area contributed by atoms with Crippen LogP contribution < -0.4 is 0 Å². The molecule has 0 atom stereocenters. The number of imidazole rings is 1. The molecule has 0 aliphatic rings. The number of aromatic nitrogens is 3. The molecule has 0 aromatic carbocycles. The van der Waals surface area contributed by atoms with E-state index in [-0.39, 0.29) is 5.88 Å². The second kappa shape index (κ2) is 3.06. The van der Waals surface area contributed by atoms with E-state index in [0.29, 0.717) is 16.5 Å². The monoisotopic (exact) mass is 195 g/mol. The summed E-state index contributed by atoms with van der Waals surface area (Å²) in [7, 11) is 0. The third-order valence-electron chi connectivity index (χ3n) is 1.55. The lowest BCUT2D eigenvalue weighted by molar-refractivity contribution is 0.457. The molecular formula is C8H6ClN3O. The van der Waals surface area contributed by atoms with Gasteiger partial charge in [0.25, 0.3) is 0 Å². The van der Waals surface area contributed by atoms with Crippen LogP contribution in [0.25, 0.3) is 11.5 Å². The van der Waals surface area contributed by atoms with Crippen LogP contribution in [0.4, 0.5) is 0 Å². The van der Waals surface area contributed by atoms with E-state index in [1.54, 1.807) is 18.3 Å². The van der Waals surface area contributed by atoms with Crippen molar-refractivity contribution in [2.75, 3.05) is 0 Å². The van der Waals surface area contributed by atoms with Crippen LogP contribution in [-0.2, 0) is 0 Å². The van der Waals surface area contributed by atoms with E-state index >= 15 is 0 Å². The van der Waals surface area contributed by atoms with Crippen molar-refractivity contribution in [2.45, 2.75) is 0 Å². The molecular weight excluding hydrogens is 190 g/mol. The van der Waals surface area contributed by atoms with Gasteiger partial charge in [0.15, 0.2) is 5.82 Å². The van der Waals surface area contributed by atoms with Crippen molar-refractivity contribution in [2.24, 2.45) is 0 Å². The summed E-state index contributed by atoms with van der Waals surface area (Å²) >= 11 is 5.86. The van der Waals surface area contributed by atoms with Crippen molar-refractivity contribution in [1.82, 2.24) is 15.0 Å². The summed E-state index contributed by atoms with van der Waals surface area (Å²) in [4.78, 5) is 10.6. The molecule has 0 aliphatic carbocycles. The number of aromatic hydroxyl groups is 1.